The molecule has 142 valence electrons. The lowest BCUT2D eigenvalue weighted by atomic mass is 10.2. The van der Waals surface area contributed by atoms with Crippen molar-refractivity contribution < 1.29 is 9.13 Å². The Morgan fingerprint density at radius 2 is 1.93 bits per heavy atom. The van der Waals surface area contributed by atoms with E-state index < -0.39 is 0 Å². The van der Waals surface area contributed by atoms with Gasteiger partial charge in [-0.05, 0) is 54.8 Å². The molecule has 1 saturated heterocycles. The van der Waals surface area contributed by atoms with E-state index in [2.05, 4.69) is 20.8 Å². The number of rotatable bonds is 6. The highest BCUT2D eigenvalue weighted by molar-refractivity contribution is 7.98. The van der Waals surface area contributed by atoms with Crippen LogP contribution in [0.2, 0.25) is 0 Å². The zero-order valence-electron chi connectivity index (χ0n) is 15.2. The lowest BCUT2D eigenvalue weighted by molar-refractivity contribution is 0.0953. The lowest BCUT2D eigenvalue weighted by Crippen LogP contribution is -2.16. The van der Waals surface area contributed by atoms with Gasteiger partial charge < -0.3 is 4.74 Å². The van der Waals surface area contributed by atoms with E-state index in [1.807, 2.05) is 24.3 Å². The second-order valence-corrected chi connectivity index (χ2v) is 7.60. The number of nitrogens with zero attached hydrogens (tertiary/aromatic N) is 4. The molecular formula is C21H19FN4OS. The molecule has 2 heterocycles. The van der Waals surface area contributed by atoms with Gasteiger partial charge in [-0.15, -0.1) is 10.2 Å². The molecule has 4 rings (SSSR count). The first-order chi connectivity index (χ1) is 13.7. The minimum atomic E-state index is -0.274. The highest BCUT2D eigenvalue weighted by atomic mass is 32.2. The molecule has 3 aromatic rings. The largest absolute Gasteiger partial charge is 0.376 e. The van der Waals surface area contributed by atoms with E-state index in [-0.39, 0.29) is 11.9 Å². The van der Waals surface area contributed by atoms with Crippen LogP contribution in [0.3, 0.4) is 0 Å². The van der Waals surface area contributed by atoms with Crippen molar-refractivity contribution in [2.24, 2.45) is 0 Å². The maximum atomic E-state index is 13.3. The lowest BCUT2D eigenvalue weighted by Gasteiger charge is -2.14. The van der Waals surface area contributed by atoms with Crippen LogP contribution < -0.4 is 0 Å². The zero-order chi connectivity index (χ0) is 19.3. The first-order valence-electron chi connectivity index (χ1n) is 9.15. The molecule has 1 fully saturated rings. The number of nitriles is 1. The number of ether oxygens (including phenoxy) is 1. The van der Waals surface area contributed by atoms with E-state index in [0.29, 0.717) is 12.1 Å². The Hall–Kier alpha value is -2.69. The molecular weight excluding hydrogens is 375 g/mol. The normalized spacial score (nSPS) is 16.2. The molecule has 0 spiro atoms. The maximum Gasteiger partial charge on any atom is 0.191 e. The van der Waals surface area contributed by atoms with Gasteiger partial charge in [-0.2, -0.15) is 5.26 Å². The van der Waals surface area contributed by atoms with E-state index in [9.17, 15) is 4.39 Å². The highest BCUT2D eigenvalue weighted by Gasteiger charge is 2.21. The van der Waals surface area contributed by atoms with Crippen LogP contribution in [0.25, 0.3) is 11.4 Å². The fourth-order valence-electron chi connectivity index (χ4n) is 3.19. The summed E-state index contributed by atoms with van der Waals surface area (Å²) < 4.78 is 21.2. The molecule has 0 amide bonds. The molecule has 1 aromatic heterocycles. The van der Waals surface area contributed by atoms with Crippen LogP contribution in [-0.2, 0) is 17.0 Å². The van der Waals surface area contributed by atoms with Crippen molar-refractivity contribution in [3.05, 3.63) is 65.5 Å². The summed E-state index contributed by atoms with van der Waals surface area (Å²) in [5.74, 6) is 1.17. The number of thioether (sulfide) groups is 1. The van der Waals surface area contributed by atoms with Crippen LogP contribution in [0.5, 0.6) is 0 Å². The maximum absolute atomic E-state index is 13.3. The molecule has 0 radical (unpaired) electrons. The molecule has 0 aliphatic carbocycles. The van der Waals surface area contributed by atoms with E-state index in [1.165, 1.54) is 12.1 Å². The number of hydrogen-bond acceptors (Lipinski definition) is 5. The standard InChI is InChI=1S/C21H19FN4OS/c22-18-9-7-17(8-10-18)20-24-25-21(26(20)13-19-2-1-11-27-19)28-14-16-5-3-15(12-23)4-6-16/h3-10,19H,1-2,11,13-14H2/t19-/m1/s1. The van der Waals surface area contributed by atoms with E-state index in [4.69, 9.17) is 10.00 Å². The van der Waals surface area contributed by atoms with Gasteiger partial charge in [0, 0.05) is 17.9 Å². The van der Waals surface area contributed by atoms with Crippen molar-refractivity contribution >= 4 is 11.8 Å². The van der Waals surface area contributed by atoms with Crippen LogP contribution in [0.1, 0.15) is 24.0 Å². The summed E-state index contributed by atoms with van der Waals surface area (Å²) in [4.78, 5) is 0. The predicted molar refractivity (Wildman–Crippen MR) is 105 cm³/mol. The Kier molecular flexibility index (Phi) is 5.70. The van der Waals surface area contributed by atoms with Crippen LogP contribution in [0.4, 0.5) is 4.39 Å². The summed E-state index contributed by atoms with van der Waals surface area (Å²) in [5, 5.41) is 18.5. The molecule has 28 heavy (non-hydrogen) atoms. The number of hydrogen-bond donors (Lipinski definition) is 0. The first kappa shape index (κ1) is 18.7. The number of halogens is 1. The van der Waals surface area contributed by atoms with Gasteiger partial charge in [-0.1, -0.05) is 23.9 Å². The summed E-state index contributed by atoms with van der Waals surface area (Å²) in [5.41, 5.74) is 2.59. The van der Waals surface area contributed by atoms with Crippen molar-refractivity contribution in [3.8, 4) is 17.5 Å². The quantitative estimate of drug-likeness (QED) is 0.579. The van der Waals surface area contributed by atoms with Gasteiger partial charge in [-0.25, -0.2) is 4.39 Å². The minimum Gasteiger partial charge on any atom is -0.376 e. The predicted octanol–water partition coefficient (Wildman–Crippen LogP) is 4.43. The van der Waals surface area contributed by atoms with Gasteiger partial charge in [-0.3, -0.25) is 4.57 Å². The van der Waals surface area contributed by atoms with E-state index in [1.54, 1.807) is 23.9 Å². The number of benzene rings is 2. The van der Waals surface area contributed by atoms with Crippen molar-refractivity contribution in [2.75, 3.05) is 6.61 Å². The summed E-state index contributed by atoms with van der Waals surface area (Å²) in [6, 6.07) is 16.0. The Labute approximate surface area is 167 Å². The molecule has 2 aromatic carbocycles. The average Bonchev–Trinajstić information content (AvgIpc) is 3.38. The van der Waals surface area contributed by atoms with Gasteiger partial charge in [0.25, 0.3) is 0 Å². The minimum absolute atomic E-state index is 0.143. The van der Waals surface area contributed by atoms with Crippen molar-refractivity contribution in [3.63, 3.8) is 0 Å². The molecule has 0 N–H and O–H groups in total. The third kappa shape index (κ3) is 4.24. The van der Waals surface area contributed by atoms with Crippen molar-refractivity contribution in [2.45, 2.75) is 36.4 Å². The molecule has 0 saturated carbocycles. The smallest absolute Gasteiger partial charge is 0.191 e. The van der Waals surface area contributed by atoms with Crippen LogP contribution in [0, 0.1) is 17.1 Å². The zero-order valence-corrected chi connectivity index (χ0v) is 16.0. The second kappa shape index (κ2) is 8.55. The van der Waals surface area contributed by atoms with Gasteiger partial charge >= 0.3 is 0 Å². The first-order valence-corrected chi connectivity index (χ1v) is 10.1. The number of aromatic nitrogens is 3. The van der Waals surface area contributed by atoms with Crippen LogP contribution in [0.15, 0.2) is 53.7 Å². The summed E-state index contributed by atoms with van der Waals surface area (Å²) in [7, 11) is 0. The Balaban J connectivity index is 1.58. The molecule has 7 heteroatoms. The van der Waals surface area contributed by atoms with Crippen molar-refractivity contribution in [1.29, 1.82) is 5.26 Å². The second-order valence-electron chi connectivity index (χ2n) is 6.66. The van der Waals surface area contributed by atoms with Gasteiger partial charge in [0.2, 0.25) is 0 Å². The Morgan fingerprint density at radius 3 is 2.61 bits per heavy atom. The average molecular weight is 394 g/mol. The summed E-state index contributed by atoms with van der Waals surface area (Å²) >= 11 is 1.59. The van der Waals surface area contributed by atoms with E-state index in [0.717, 1.165) is 47.3 Å². The topological polar surface area (TPSA) is 63.7 Å². The van der Waals surface area contributed by atoms with Crippen LogP contribution >= 0.6 is 11.8 Å². The third-order valence-electron chi connectivity index (χ3n) is 4.68. The highest BCUT2D eigenvalue weighted by Crippen LogP contribution is 2.28. The molecule has 1 aliphatic rings. The third-order valence-corrected chi connectivity index (χ3v) is 5.72. The van der Waals surface area contributed by atoms with Gasteiger partial charge in [0.1, 0.15) is 5.82 Å². The Bertz CT molecular complexity index is 973. The SMILES string of the molecule is N#Cc1ccc(CSc2nnc(-c3ccc(F)cc3)n2C[C@H]2CCCO2)cc1. The summed E-state index contributed by atoms with van der Waals surface area (Å²) in [6.07, 6.45) is 2.22. The molecule has 1 aliphatic heterocycles. The van der Waals surface area contributed by atoms with Gasteiger partial charge in [0.05, 0.1) is 24.3 Å². The fraction of sp³-hybridized carbons (Fsp3) is 0.286. The summed E-state index contributed by atoms with van der Waals surface area (Å²) in [6.45, 7) is 1.46. The van der Waals surface area contributed by atoms with Crippen molar-refractivity contribution in [1.82, 2.24) is 14.8 Å². The molecule has 0 bridgehead atoms. The molecule has 1 atom stereocenters. The monoisotopic (exact) mass is 394 g/mol. The van der Waals surface area contributed by atoms with E-state index >= 15 is 0 Å². The van der Waals surface area contributed by atoms with Crippen LogP contribution in [-0.4, -0.2) is 27.5 Å². The van der Waals surface area contributed by atoms with Gasteiger partial charge in [0.15, 0.2) is 11.0 Å². The Morgan fingerprint density at radius 1 is 1.14 bits per heavy atom. The fourth-order valence-corrected chi connectivity index (χ4v) is 4.09. The molecule has 0 unspecified atom stereocenters. The molecule has 5 nitrogen and oxygen atoms in total.